The average molecular weight is 320 g/mol. The first kappa shape index (κ1) is 17.5. The van der Waals surface area contributed by atoms with E-state index >= 15 is 0 Å². The largest absolute Gasteiger partial charge is 0.394 e. The van der Waals surface area contributed by atoms with Crippen molar-refractivity contribution in [1.29, 1.82) is 0 Å². The van der Waals surface area contributed by atoms with E-state index in [1.54, 1.807) is 7.11 Å². The topological polar surface area (TPSA) is 83.5 Å². The van der Waals surface area contributed by atoms with Crippen molar-refractivity contribution in [3.63, 3.8) is 0 Å². The molecule has 2 heterocycles. The summed E-state index contributed by atoms with van der Waals surface area (Å²) in [6.45, 7) is 0.0206. The van der Waals surface area contributed by atoms with E-state index in [1.807, 2.05) is 15.7 Å². The molecule has 0 spiro atoms. The SMILES string of the molecule is B[C@H]1C[C@@H](OC)[C@@H](CO[PH](=O)O[C@@H]2C[C@H](B)O[C@@H]2CO)O1. The molecule has 7 nitrogen and oxygen atoms in total. The Bertz CT molecular complexity index is 361. The van der Waals surface area contributed by atoms with Gasteiger partial charge in [-0.2, -0.15) is 0 Å². The van der Waals surface area contributed by atoms with Gasteiger partial charge in [-0.05, 0) is 12.8 Å². The van der Waals surface area contributed by atoms with Crippen LogP contribution < -0.4 is 0 Å². The highest BCUT2D eigenvalue weighted by atomic mass is 31.1. The molecule has 1 unspecified atom stereocenters. The molecule has 0 bridgehead atoms. The Hall–Kier alpha value is 0.120. The maximum atomic E-state index is 11.9. The van der Waals surface area contributed by atoms with Crippen molar-refractivity contribution >= 4 is 23.9 Å². The molecule has 0 aromatic carbocycles. The van der Waals surface area contributed by atoms with Crippen LogP contribution >= 0.6 is 8.25 Å². The Morgan fingerprint density at radius 1 is 1.19 bits per heavy atom. The second-order valence-corrected chi connectivity index (χ2v) is 6.64. The molecule has 2 rings (SSSR count). The maximum Gasteiger partial charge on any atom is 0.319 e. The van der Waals surface area contributed by atoms with Crippen LogP contribution in [0.3, 0.4) is 0 Å². The summed E-state index contributed by atoms with van der Waals surface area (Å²) in [6, 6.07) is 0.0912. The molecule has 0 aromatic heterocycles. The molecule has 2 saturated heterocycles. The first-order chi connectivity index (χ1) is 10.0. The molecular formula is C11H23B2O7P. The molecule has 1 N–H and O–H groups in total. The van der Waals surface area contributed by atoms with Crippen LogP contribution in [0.1, 0.15) is 12.8 Å². The fourth-order valence-corrected chi connectivity index (χ4v) is 3.69. The number of rotatable bonds is 7. The summed E-state index contributed by atoms with van der Waals surface area (Å²) in [5.41, 5.74) is 0. The zero-order valence-electron chi connectivity index (χ0n) is 12.7. The maximum absolute atomic E-state index is 11.9. The fraction of sp³-hybridized carbons (Fsp3) is 1.00. The van der Waals surface area contributed by atoms with E-state index in [1.165, 1.54) is 0 Å². The van der Waals surface area contributed by atoms with Gasteiger partial charge in [0.05, 0.1) is 25.4 Å². The number of aliphatic hydroxyl groups is 1. The highest BCUT2D eigenvalue weighted by Gasteiger charge is 2.36. The molecule has 0 aromatic rings. The van der Waals surface area contributed by atoms with E-state index in [9.17, 15) is 9.67 Å². The Morgan fingerprint density at radius 3 is 2.43 bits per heavy atom. The summed E-state index contributed by atoms with van der Waals surface area (Å²) < 4.78 is 39.0. The molecule has 7 atom stereocenters. The van der Waals surface area contributed by atoms with E-state index in [0.717, 1.165) is 6.42 Å². The number of ether oxygens (including phenoxy) is 3. The first-order valence-corrected chi connectivity index (χ1v) is 8.54. The third-order valence-corrected chi connectivity index (χ3v) is 4.77. The number of aliphatic hydroxyl groups excluding tert-OH is 1. The van der Waals surface area contributed by atoms with Gasteiger partial charge in [0.15, 0.2) is 0 Å². The number of hydrogen-bond donors (Lipinski definition) is 1. The van der Waals surface area contributed by atoms with Crippen LogP contribution in [0.2, 0.25) is 0 Å². The minimum absolute atomic E-state index is 0.0150. The minimum atomic E-state index is -2.65. The fourth-order valence-electron chi connectivity index (χ4n) is 2.83. The molecule has 0 saturated carbocycles. The number of methoxy groups -OCH3 is 1. The Kier molecular flexibility index (Phi) is 6.75. The van der Waals surface area contributed by atoms with Crippen LogP contribution in [-0.4, -0.2) is 77.5 Å². The molecule has 0 radical (unpaired) electrons. The van der Waals surface area contributed by atoms with Crippen molar-refractivity contribution < 1.29 is 32.9 Å². The van der Waals surface area contributed by atoms with Gasteiger partial charge < -0.3 is 28.4 Å². The summed E-state index contributed by atoms with van der Waals surface area (Å²) in [5.74, 6) is 0. The zero-order valence-corrected chi connectivity index (χ0v) is 13.7. The van der Waals surface area contributed by atoms with Gasteiger partial charge >= 0.3 is 8.25 Å². The summed E-state index contributed by atoms with van der Waals surface area (Å²) in [4.78, 5) is 0. The third-order valence-electron chi connectivity index (χ3n) is 3.87. The van der Waals surface area contributed by atoms with Crippen LogP contribution in [-0.2, 0) is 27.8 Å². The van der Waals surface area contributed by atoms with Crippen molar-refractivity contribution in [2.75, 3.05) is 20.3 Å². The lowest BCUT2D eigenvalue weighted by atomic mass is 9.96. The highest BCUT2D eigenvalue weighted by molar-refractivity contribution is 7.33. The van der Waals surface area contributed by atoms with Crippen LogP contribution in [0.4, 0.5) is 0 Å². The molecule has 2 aliphatic heterocycles. The molecular weight excluding hydrogens is 297 g/mol. The normalized spacial score (nSPS) is 41.4. The van der Waals surface area contributed by atoms with Gasteiger partial charge in [-0.1, -0.05) is 0 Å². The predicted molar refractivity (Wildman–Crippen MR) is 81.4 cm³/mol. The molecule has 10 heteroatoms. The molecule has 0 aliphatic carbocycles. The summed E-state index contributed by atoms with van der Waals surface area (Å²) in [5, 5.41) is 9.19. The quantitative estimate of drug-likeness (QED) is 0.441. The summed E-state index contributed by atoms with van der Waals surface area (Å²) >= 11 is 0. The molecule has 120 valence electrons. The van der Waals surface area contributed by atoms with E-state index in [2.05, 4.69) is 0 Å². The lowest BCUT2D eigenvalue weighted by Gasteiger charge is -2.19. The minimum Gasteiger partial charge on any atom is -0.394 e. The predicted octanol–water partition coefficient (Wildman–Crippen LogP) is -1.72. The van der Waals surface area contributed by atoms with Crippen LogP contribution in [0, 0.1) is 0 Å². The summed E-state index contributed by atoms with van der Waals surface area (Å²) in [7, 11) is 2.83. The smallest absolute Gasteiger partial charge is 0.319 e. The van der Waals surface area contributed by atoms with Gasteiger partial charge in [0.25, 0.3) is 0 Å². The van der Waals surface area contributed by atoms with Crippen LogP contribution in [0.25, 0.3) is 0 Å². The van der Waals surface area contributed by atoms with E-state index in [4.69, 9.17) is 23.3 Å². The summed E-state index contributed by atoms with van der Waals surface area (Å²) in [6.07, 6.45) is 0.296. The Labute approximate surface area is 127 Å². The van der Waals surface area contributed by atoms with Gasteiger partial charge in [-0.3, -0.25) is 4.57 Å². The van der Waals surface area contributed by atoms with Crippen molar-refractivity contribution in [2.24, 2.45) is 0 Å². The monoisotopic (exact) mass is 320 g/mol. The van der Waals surface area contributed by atoms with E-state index in [-0.39, 0.29) is 37.4 Å². The lowest BCUT2D eigenvalue weighted by Crippen LogP contribution is -2.28. The molecule has 21 heavy (non-hydrogen) atoms. The standard InChI is InChI=1S/C11H23B2O7P/c1-16-6-2-10(12)19-9(6)5-17-21(15)20-7-3-11(13)18-8(7)4-14/h6-11,14,21H,2-5,12-13H2,1H3/t6-,7-,8-,9-,10-,11-/m1/s1. The van der Waals surface area contributed by atoms with Gasteiger partial charge in [-0.15, -0.1) is 0 Å². The second-order valence-electron chi connectivity index (χ2n) is 5.62. The van der Waals surface area contributed by atoms with Crippen molar-refractivity contribution in [2.45, 2.75) is 49.3 Å². The van der Waals surface area contributed by atoms with E-state index in [0.29, 0.717) is 6.42 Å². The zero-order chi connectivity index (χ0) is 15.4. The van der Waals surface area contributed by atoms with Gasteiger partial charge in [0, 0.05) is 19.1 Å². The molecule has 2 fully saturated rings. The highest BCUT2D eigenvalue weighted by Crippen LogP contribution is 2.34. The van der Waals surface area contributed by atoms with Crippen LogP contribution in [0.5, 0.6) is 0 Å². The van der Waals surface area contributed by atoms with Crippen molar-refractivity contribution in [3.05, 3.63) is 0 Å². The third kappa shape index (κ3) is 4.79. The van der Waals surface area contributed by atoms with Crippen LogP contribution in [0.15, 0.2) is 0 Å². The first-order valence-electron chi connectivity index (χ1n) is 7.31. The van der Waals surface area contributed by atoms with Gasteiger partial charge in [0.1, 0.15) is 27.9 Å². The van der Waals surface area contributed by atoms with Gasteiger partial charge in [0.2, 0.25) is 0 Å². The Morgan fingerprint density at radius 2 is 1.81 bits per heavy atom. The second kappa shape index (κ2) is 8.11. The average Bonchev–Trinajstić information content (AvgIpc) is 2.98. The molecule has 0 amide bonds. The number of hydrogen-bond acceptors (Lipinski definition) is 7. The molecule has 2 aliphatic rings. The Balaban J connectivity index is 1.75. The van der Waals surface area contributed by atoms with Crippen molar-refractivity contribution in [1.82, 2.24) is 0 Å². The van der Waals surface area contributed by atoms with Crippen molar-refractivity contribution in [3.8, 4) is 0 Å². The van der Waals surface area contributed by atoms with Gasteiger partial charge in [-0.25, -0.2) is 0 Å². The lowest BCUT2D eigenvalue weighted by molar-refractivity contribution is -0.0225. The van der Waals surface area contributed by atoms with E-state index < -0.39 is 20.5 Å².